The number of hydrogen-bond donors (Lipinski definition) is 1. The van der Waals surface area contributed by atoms with Crippen molar-refractivity contribution in [2.75, 3.05) is 6.61 Å². The van der Waals surface area contributed by atoms with Gasteiger partial charge >= 0.3 is 10.4 Å². The first-order valence-electron chi connectivity index (χ1n) is 5.40. The van der Waals surface area contributed by atoms with Gasteiger partial charge in [-0.15, -0.1) is 0 Å². The average molecular weight is 258 g/mol. The Kier molecular flexibility index (Phi) is 4.30. The summed E-state index contributed by atoms with van der Waals surface area (Å²) >= 11 is 0. The molecule has 0 fully saturated rings. The van der Waals surface area contributed by atoms with Gasteiger partial charge in [0.2, 0.25) is 0 Å². The number of hydrogen-bond acceptors (Lipinski definition) is 3. The maximum Gasteiger partial charge on any atom is 0.397 e. The van der Waals surface area contributed by atoms with Crippen molar-refractivity contribution in [2.24, 2.45) is 0 Å². The zero-order valence-electron chi connectivity index (χ0n) is 10.3. The monoisotopic (exact) mass is 258 g/mol. The second-order valence-corrected chi connectivity index (χ2v) is 6.04. The lowest BCUT2D eigenvalue weighted by Crippen LogP contribution is -2.11. The van der Waals surface area contributed by atoms with Crippen LogP contribution in [-0.4, -0.2) is 19.6 Å². The maximum absolute atomic E-state index is 10.3. The minimum absolute atomic E-state index is 0.0479. The van der Waals surface area contributed by atoms with Gasteiger partial charge in [0.05, 0.1) is 6.61 Å². The van der Waals surface area contributed by atoms with Crippen molar-refractivity contribution in [1.82, 2.24) is 0 Å². The standard InChI is InChI=1S/C12H18O4S/c1-12(2,3)11-6-4-10(5-7-11)8-9-16-17(13,14)15/h4-7H,8-9H2,1-3H3,(H,13,14,15). The van der Waals surface area contributed by atoms with E-state index in [-0.39, 0.29) is 12.0 Å². The predicted molar refractivity (Wildman–Crippen MR) is 66.3 cm³/mol. The SMILES string of the molecule is CC(C)(C)c1ccc(CCOS(=O)(=O)O)cc1. The Morgan fingerprint density at radius 3 is 2.12 bits per heavy atom. The first kappa shape index (κ1) is 14.2. The van der Waals surface area contributed by atoms with Crippen LogP contribution < -0.4 is 0 Å². The molecule has 17 heavy (non-hydrogen) atoms. The zero-order valence-corrected chi connectivity index (χ0v) is 11.1. The molecule has 0 heterocycles. The quantitative estimate of drug-likeness (QED) is 0.842. The summed E-state index contributed by atoms with van der Waals surface area (Å²) in [4.78, 5) is 0. The molecule has 1 aromatic carbocycles. The second kappa shape index (κ2) is 5.16. The lowest BCUT2D eigenvalue weighted by Gasteiger charge is -2.19. The third kappa shape index (κ3) is 5.30. The summed E-state index contributed by atoms with van der Waals surface area (Å²) in [6, 6.07) is 7.91. The van der Waals surface area contributed by atoms with Gasteiger partial charge < -0.3 is 0 Å². The Morgan fingerprint density at radius 2 is 1.71 bits per heavy atom. The van der Waals surface area contributed by atoms with Gasteiger partial charge in [0, 0.05) is 0 Å². The predicted octanol–water partition coefficient (Wildman–Crippen LogP) is 2.35. The number of rotatable bonds is 4. The molecular formula is C12H18O4S. The van der Waals surface area contributed by atoms with E-state index in [0.29, 0.717) is 6.42 Å². The lowest BCUT2D eigenvalue weighted by atomic mass is 9.86. The van der Waals surface area contributed by atoms with Gasteiger partial charge in [0.15, 0.2) is 0 Å². The molecule has 0 aliphatic heterocycles. The molecule has 0 amide bonds. The van der Waals surface area contributed by atoms with E-state index in [1.807, 2.05) is 24.3 Å². The summed E-state index contributed by atoms with van der Waals surface area (Å²) in [5, 5.41) is 0. The van der Waals surface area contributed by atoms with Crippen LogP contribution in [0.4, 0.5) is 0 Å². The van der Waals surface area contributed by atoms with Crippen LogP contribution in [0.1, 0.15) is 31.9 Å². The highest BCUT2D eigenvalue weighted by Gasteiger charge is 2.12. The van der Waals surface area contributed by atoms with Crippen LogP contribution in [0, 0.1) is 0 Å². The zero-order chi connectivity index (χ0) is 13.1. The smallest absolute Gasteiger partial charge is 0.264 e. The average Bonchev–Trinajstić information content (AvgIpc) is 2.15. The number of benzene rings is 1. The van der Waals surface area contributed by atoms with Crippen molar-refractivity contribution in [2.45, 2.75) is 32.6 Å². The third-order valence-corrected chi connectivity index (χ3v) is 2.91. The van der Waals surface area contributed by atoms with E-state index in [2.05, 4.69) is 25.0 Å². The fraction of sp³-hybridized carbons (Fsp3) is 0.500. The molecular weight excluding hydrogens is 240 g/mol. The Labute approximate surface area is 103 Å². The molecule has 0 bridgehead atoms. The molecule has 96 valence electrons. The van der Waals surface area contributed by atoms with Crippen molar-refractivity contribution in [3.05, 3.63) is 35.4 Å². The molecule has 0 saturated carbocycles. The minimum atomic E-state index is -4.33. The first-order valence-corrected chi connectivity index (χ1v) is 6.76. The van der Waals surface area contributed by atoms with Gasteiger partial charge in [0.25, 0.3) is 0 Å². The van der Waals surface area contributed by atoms with Crippen LogP contribution in [0.5, 0.6) is 0 Å². The summed E-state index contributed by atoms with van der Waals surface area (Å²) in [7, 11) is -4.33. The molecule has 0 aromatic heterocycles. The van der Waals surface area contributed by atoms with Crippen molar-refractivity contribution in [3.63, 3.8) is 0 Å². The van der Waals surface area contributed by atoms with Gasteiger partial charge in [-0.25, -0.2) is 4.18 Å². The topological polar surface area (TPSA) is 63.6 Å². The van der Waals surface area contributed by atoms with Gasteiger partial charge in [0.1, 0.15) is 0 Å². The summed E-state index contributed by atoms with van der Waals surface area (Å²) < 4.78 is 33.3. The van der Waals surface area contributed by atoms with Crippen molar-refractivity contribution in [3.8, 4) is 0 Å². The first-order chi connectivity index (χ1) is 7.68. The molecule has 4 nitrogen and oxygen atoms in total. The van der Waals surface area contributed by atoms with Crippen LogP contribution >= 0.6 is 0 Å². The van der Waals surface area contributed by atoms with Gasteiger partial charge in [-0.2, -0.15) is 8.42 Å². The summed E-state index contributed by atoms with van der Waals surface area (Å²) in [5.74, 6) is 0. The summed E-state index contributed by atoms with van der Waals surface area (Å²) in [6.45, 7) is 6.34. The van der Waals surface area contributed by atoms with Crippen LogP contribution in [-0.2, 0) is 26.4 Å². The molecule has 1 rings (SSSR count). The fourth-order valence-electron chi connectivity index (χ4n) is 1.44. The Morgan fingerprint density at radius 1 is 1.18 bits per heavy atom. The Hall–Kier alpha value is -0.910. The molecule has 0 saturated heterocycles. The van der Waals surface area contributed by atoms with E-state index in [9.17, 15) is 8.42 Å². The van der Waals surface area contributed by atoms with E-state index >= 15 is 0 Å². The molecule has 5 heteroatoms. The highest BCUT2D eigenvalue weighted by Crippen LogP contribution is 2.22. The van der Waals surface area contributed by atoms with E-state index in [0.717, 1.165) is 5.56 Å². The van der Waals surface area contributed by atoms with Gasteiger partial charge in [-0.05, 0) is 23.0 Å². The summed E-state index contributed by atoms with van der Waals surface area (Å²) in [5.41, 5.74) is 2.29. The van der Waals surface area contributed by atoms with Gasteiger partial charge in [-0.1, -0.05) is 45.0 Å². The van der Waals surface area contributed by atoms with Gasteiger partial charge in [-0.3, -0.25) is 4.55 Å². The van der Waals surface area contributed by atoms with Crippen LogP contribution in [0.2, 0.25) is 0 Å². The fourth-order valence-corrected chi connectivity index (χ4v) is 1.73. The van der Waals surface area contributed by atoms with E-state index < -0.39 is 10.4 Å². The molecule has 0 radical (unpaired) electrons. The lowest BCUT2D eigenvalue weighted by molar-refractivity contribution is 0.272. The van der Waals surface area contributed by atoms with E-state index in [1.165, 1.54) is 5.56 Å². The minimum Gasteiger partial charge on any atom is -0.264 e. The molecule has 0 aliphatic rings. The largest absolute Gasteiger partial charge is 0.397 e. The summed E-state index contributed by atoms with van der Waals surface area (Å²) in [6.07, 6.45) is 0.449. The molecule has 1 N–H and O–H groups in total. The molecule has 0 spiro atoms. The molecule has 0 atom stereocenters. The van der Waals surface area contributed by atoms with Crippen LogP contribution in [0.25, 0.3) is 0 Å². The molecule has 1 aromatic rings. The van der Waals surface area contributed by atoms with E-state index in [4.69, 9.17) is 4.55 Å². The molecule has 0 unspecified atom stereocenters. The van der Waals surface area contributed by atoms with Crippen molar-refractivity contribution in [1.29, 1.82) is 0 Å². The van der Waals surface area contributed by atoms with E-state index in [1.54, 1.807) is 0 Å². The Balaban J connectivity index is 2.58. The highest BCUT2D eigenvalue weighted by atomic mass is 32.3. The second-order valence-electron chi connectivity index (χ2n) is 4.95. The van der Waals surface area contributed by atoms with Crippen LogP contribution in [0.3, 0.4) is 0 Å². The maximum atomic E-state index is 10.3. The van der Waals surface area contributed by atoms with Crippen molar-refractivity contribution < 1.29 is 17.2 Å². The highest BCUT2D eigenvalue weighted by molar-refractivity contribution is 7.80. The van der Waals surface area contributed by atoms with Crippen molar-refractivity contribution >= 4 is 10.4 Å². The normalized spacial score (nSPS) is 12.7. The molecule has 0 aliphatic carbocycles. The van der Waals surface area contributed by atoms with Crippen LogP contribution in [0.15, 0.2) is 24.3 Å². The Bertz CT molecular complexity index is 454. The third-order valence-electron chi connectivity index (χ3n) is 2.44.